The summed E-state index contributed by atoms with van der Waals surface area (Å²) in [6.07, 6.45) is 0.585. The minimum absolute atomic E-state index is 0.102. The van der Waals surface area contributed by atoms with E-state index in [1.165, 1.54) is 7.11 Å². The highest BCUT2D eigenvalue weighted by Crippen LogP contribution is 2.10. The second kappa shape index (κ2) is 10.0. The Labute approximate surface area is 136 Å². The Balaban J connectivity index is 2.53. The summed E-state index contributed by atoms with van der Waals surface area (Å²) in [5.74, 6) is -0.198. The van der Waals surface area contributed by atoms with Gasteiger partial charge in [0, 0.05) is 6.61 Å². The van der Waals surface area contributed by atoms with Gasteiger partial charge in [-0.15, -0.1) is 0 Å². The molecule has 0 radical (unpaired) electrons. The molecule has 0 aliphatic heterocycles. The molecule has 23 heavy (non-hydrogen) atoms. The topological polar surface area (TPSA) is 87.0 Å². The molecule has 1 heterocycles. The first-order valence-corrected chi connectivity index (χ1v) is 7.66. The zero-order valence-corrected chi connectivity index (χ0v) is 14.1. The number of carbonyl (C=O) groups is 2. The van der Waals surface area contributed by atoms with E-state index in [1.54, 1.807) is 19.1 Å². The van der Waals surface area contributed by atoms with Gasteiger partial charge in [-0.25, -0.2) is 4.79 Å². The van der Waals surface area contributed by atoms with Crippen LogP contribution in [0.25, 0.3) is 0 Å². The molecule has 0 amide bonds. The number of hydrogen-bond donors (Lipinski definition) is 1. The number of esters is 2. The van der Waals surface area contributed by atoms with Crippen LogP contribution in [0.5, 0.6) is 0 Å². The summed E-state index contributed by atoms with van der Waals surface area (Å²) < 4.78 is 20.5. The van der Waals surface area contributed by atoms with Gasteiger partial charge in [0.25, 0.3) is 0 Å². The summed E-state index contributed by atoms with van der Waals surface area (Å²) in [5, 5.41) is 3.04. The maximum atomic E-state index is 11.8. The molecule has 0 saturated heterocycles. The first kappa shape index (κ1) is 19.2. The monoisotopic (exact) mass is 327 g/mol. The molecule has 0 aromatic carbocycles. The van der Waals surface area contributed by atoms with E-state index in [9.17, 15) is 9.59 Å². The lowest BCUT2D eigenvalue weighted by Crippen LogP contribution is -2.38. The molecule has 130 valence electrons. The Hall–Kier alpha value is -1.86. The van der Waals surface area contributed by atoms with Crippen LogP contribution in [-0.4, -0.2) is 44.4 Å². The van der Waals surface area contributed by atoms with Gasteiger partial charge in [0.2, 0.25) is 5.76 Å². The van der Waals surface area contributed by atoms with Gasteiger partial charge >= 0.3 is 11.9 Å². The lowest BCUT2D eigenvalue weighted by molar-refractivity contribution is -0.143. The zero-order chi connectivity index (χ0) is 17.2. The molecule has 1 aromatic rings. The highest BCUT2D eigenvalue weighted by Gasteiger charge is 2.20. The number of carbonyl (C=O) groups excluding carboxylic acids is 2. The van der Waals surface area contributed by atoms with E-state index in [1.807, 2.05) is 13.8 Å². The van der Waals surface area contributed by atoms with Crippen molar-refractivity contribution in [1.29, 1.82) is 0 Å². The molecule has 1 aromatic heterocycles. The Morgan fingerprint density at radius 1 is 1.30 bits per heavy atom. The molecule has 7 heteroatoms. The SMILES string of the molecule is CCOC(=O)c1ccc(CN[C@H](CCOC(C)C)C(=O)OC)o1. The second-order valence-electron chi connectivity index (χ2n) is 5.15. The minimum atomic E-state index is -0.506. The highest BCUT2D eigenvalue weighted by atomic mass is 16.5. The van der Waals surface area contributed by atoms with E-state index in [0.717, 1.165) is 0 Å². The molecule has 0 spiro atoms. The number of rotatable bonds is 10. The van der Waals surface area contributed by atoms with Gasteiger partial charge < -0.3 is 18.6 Å². The minimum Gasteiger partial charge on any atom is -0.468 e. The largest absolute Gasteiger partial charge is 0.468 e. The summed E-state index contributed by atoms with van der Waals surface area (Å²) in [4.78, 5) is 23.3. The van der Waals surface area contributed by atoms with E-state index in [2.05, 4.69) is 5.32 Å². The zero-order valence-electron chi connectivity index (χ0n) is 14.1. The van der Waals surface area contributed by atoms with Crippen molar-refractivity contribution in [2.24, 2.45) is 0 Å². The molecule has 0 aliphatic rings. The van der Waals surface area contributed by atoms with Crippen LogP contribution in [0.3, 0.4) is 0 Å². The first-order valence-electron chi connectivity index (χ1n) is 7.66. The third-order valence-corrected chi connectivity index (χ3v) is 3.00. The van der Waals surface area contributed by atoms with Crippen LogP contribution in [-0.2, 0) is 25.5 Å². The molecule has 0 saturated carbocycles. The quantitative estimate of drug-likeness (QED) is 0.657. The van der Waals surface area contributed by atoms with E-state index in [4.69, 9.17) is 18.6 Å². The van der Waals surface area contributed by atoms with Crippen LogP contribution < -0.4 is 5.32 Å². The van der Waals surface area contributed by atoms with Crippen molar-refractivity contribution < 1.29 is 28.2 Å². The lowest BCUT2D eigenvalue weighted by Gasteiger charge is -2.16. The molecule has 1 atom stereocenters. The number of hydrogen-bond acceptors (Lipinski definition) is 7. The molecule has 0 aliphatic carbocycles. The molecule has 0 bridgehead atoms. The van der Waals surface area contributed by atoms with Crippen molar-refractivity contribution in [3.8, 4) is 0 Å². The average molecular weight is 327 g/mol. The molecule has 7 nitrogen and oxygen atoms in total. The third-order valence-electron chi connectivity index (χ3n) is 3.00. The number of nitrogens with one attached hydrogen (secondary N) is 1. The third kappa shape index (κ3) is 6.83. The van der Waals surface area contributed by atoms with Gasteiger partial charge in [0.1, 0.15) is 11.8 Å². The smallest absolute Gasteiger partial charge is 0.374 e. The Kier molecular flexibility index (Phi) is 8.36. The second-order valence-corrected chi connectivity index (χ2v) is 5.15. The highest BCUT2D eigenvalue weighted by molar-refractivity contribution is 5.86. The Morgan fingerprint density at radius 3 is 2.65 bits per heavy atom. The van der Waals surface area contributed by atoms with Crippen LogP contribution >= 0.6 is 0 Å². The van der Waals surface area contributed by atoms with Crippen molar-refractivity contribution in [1.82, 2.24) is 5.32 Å². The molecule has 1 rings (SSSR count). The van der Waals surface area contributed by atoms with E-state index in [-0.39, 0.29) is 24.4 Å². The predicted molar refractivity (Wildman–Crippen MR) is 83.0 cm³/mol. The number of methoxy groups -OCH3 is 1. The fourth-order valence-electron chi connectivity index (χ4n) is 1.88. The van der Waals surface area contributed by atoms with Gasteiger partial charge in [-0.2, -0.15) is 0 Å². The number of furan rings is 1. The van der Waals surface area contributed by atoms with Crippen molar-refractivity contribution in [2.75, 3.05) is 20.3 Å². The number of ether oxygens (including phenoxy) is 3. The van der Waals surface area contributed by atoms with Gasteiger partial charge in [-0.05, 0) is 39.3 Å². The lowest BCUT2D eigenvalue weighted by atomic mass is 10.2. The van der Waals surface area contributed by atoms with Crippen LogP contribution in [0.4, 0.5) is 0 Å². The van der Waals surface area contributed by atoms with Gasteiger partial charge in [-0.3, -0.25) is 10.1 Å². The summed E-state index contributed by atoms with van der Waals surface area (Å²) in [6, 6.07) is 2.71. The average Bonchev–Trinajstić information content (AvgIpc) is 2.98. The molecule has 0 fully saturated rings. The van der Waals surface area contributed by atoms with E-state index < -0.39 is 12.0 Å². The fourth-order valence-corrected chi connectivity index (χ4v) is 1.88. The summed E-state index contributed by atoms with van der Waals surface area (Å²) in [5.41, 5.74) is 0. The van der Waals surface area contributed by atoms with Crippen LogP contribution in [0, 0.1) is 0 Å². The predicted octanol–water partition coefficient (Wildman–Crippen LogP) is 1.90. The maximum absolute atomic E-state index is 11.8. The van der Waals surface area contributed by atoms with E-state index >= 15 is 0 Å². The van der Waals surface area contributed by atoms with E-state index in [0.29, 0.717) is 25.3 Å². The van der Waals surface area contributed by atoms with Crippen molar-refractivity contribution in [2.45, 2.75) is 45.9 Å². The normalized spacial score (nSPS) is 12.2. The summed E-state index contributed by atoms with van der Waals surface area (Å²) in [7, 11) is 1.34. The Morgan fingerprint density at radius 2 is 2.04 bits per heavy atom. The van der Waals surface area contributed by atoms with Crippen molar-refractivity contribution >= 4 is 11.9 Å². The molecule has 1 N–H and O–H groups in total. The standard InChI is InChI=1S/C16H25NO6/c1-5-21-16(19)14-7-6-12(23-14)10-17-13(15(18)20-4)8-9-22-11(2)3/h6-7,11,13,17H,5,8-10H2,1-4H3/t13-/m1/s1. The summed E-state index contributed by atoms with van der Waals surface area (Å²) in [6.45, 7) is 6.61. The summed E-state index contributed by atoms with van der Waals surface area (Å²) >= 11 is 0. The first-order chi connectivity index (χ1) is 11.0. The van der Waals surface area contributed by atoms with Gasteiger partial charge in [0.05, 0.1) is 26.4 Å². The molecule has 0 unspecified atom stereocenters. The maximum Gasteiger partial charge on any atom is 0.374 e. The van der Waals surface area contributed by atoms with Crippen LogP contribution in [0.1, 0.15) is 43.5 Å². The van der Waals surface area contributed by atoms with Crippen LogP contribution in [0.2, 0.25) is 0 Å². The Bertz CT molecular complexity index is 497. The van der Waals surface area contributed by atoms with Gasteiger partial charge in [0.15, 0.2) is 0 Å². The fraction of sp³-hybridized carbons (Fsp3) is 0.625. The van der Waals surface area contributed by atoms with Crippen molar-refractivity contribution in [3.05, 3.63) is 23.7 Å². The molecular weight excluding hydrogens is 302 g/mol. The van der Waals surface area contributed by atoms with Gasteiger partial charge in [-0.1, -0.05) is 0 Å². The van der Waals surface area contributed by atoms with Crippen LogP contribution in [0.15, 0.2) is 16.5 Å². The van der Waals surface area contributed by atoms with Crippen molar-refractivity contribution in [3.63, 3.8) is 0 Å². The molecular formula is C16H25NO6.